The number of aliphatic carboxylic acids is 1. The van der Waals surface area contributed by atoms with Gasteiger partial charge in [0.05, 0.1) is 63.9 Å². The summed E-state index contributed by atoms with van der Waals surface area (Å²) >= 11 is 1.77. The number of urea groups is 1. The van der Waals surface area contributed by atoms with Crippen LogP contribution >= 0.6 is 11.8 Å². The second kappa shape index (κ2) is 31.7. The molecule has 87 heavy (non-hydrogen) atoms. The second-order valence-electron chi connectivity index (χ2n) is 22.3. The lowest BCUT2D eigenvalue weighted by atomic mass is 9.88. The molecule has 500 valence electrons. The molecule has 0 bridgehead atoms. The smallest absolute Gasteiger partial charge is 0.364 e. The third-order valence-corrected chi connectivity index (χ3v) is 17.6. The largest absolute Gasteiger partial charge is 0.477 e. The molecule has 0 radical (unpaired) electrons. The molecule has 24 unspecified atom stereocenters. The summed E-state index contributed by atoms with van der Waals surface area (Å²) in [6, 6.07) is -3.69. The quantitative estimate of drug-likeness (QED) is 0.0255. The molecule has 7 fully saturated rings. The minimum absolute atomic E-state index is 0.0469. The predicted molar refractivity (Wildman–Crippen MR) is 282 cm³/mol. The minimum atomic E-state index is -3.36. The highest BCUT2D eigenvalue weighted by atomic mass is 32.2. The van der Waals surface area contributed by atoms with E-state index in [1.165, 1.54) is 0 Å². The number of carboxylic acids is 1. The van der Waals surface area contributed by atoms with E-state index in [1.54, 1.807) is 11.8 Å². The lowest BCUT2D eigenvalue weighted by molar-refractivity contribution is -0.403. The van der Waals surface area contributed by atoms with Gasteiger partial charge in [0.15, 0.2) is 25.2 Å². The third-order valence-electron chi connectivity index (χ3n) is 16.1. The Balaban J connectivity index is 1.11. The zero-order valence-electron chi connectivity index (χ0n) is 47.3. The Morgan fingerprint density at radius 1 is 0.655 bits per heavy atom. The van der Waals surface area contributed by atoms with Crippen LogP contribution in [0.4, 0.5) is 4.79 Å². The molecule has 0 saturated carbocycles. The number of hydrogen-bond donors (Lipinski definition) is 21. The third kappa shape index (κ3) is 16.6. The highest BCUT2D eigenvalue weighted by Gasteiger charge is 2.62. The highest BCUT2D eigenvalue weighted by Crippen LogP contribution is 2.41. The molecule has 5 amide bonds. The van der Waals surface area contributed by atoms with E-state index in [4.69, 9.17) is 47.4 Å². The summed E-state index contributed by atoms with van der Waals surface area (Å²) in [5.74, 6) is -6.71. The standard InChI is InChI=1S/C50H83N5O31S/c1-17(61)52-29-20(63)10-50(48(74)75,85-42(29)31(66)21(64)11-56)86-43-38(73)47(81-25(15-60)40(43)83-44-30(53-18(2)62)41(33(68)23(13-58)78-44)84-46-36(71)34(69)32(67)22(12-57)79-46)82-39-24(14-59)80-45(37(72)35(39)70)77-9-5-8-51-27(65)7-4-3-6-26-28-19(16-87-26)54-49(76)55-28/h19-26,28-47,56-60,63-64,66-73H,3-16H2,1-2H3,(H,51,65)(H,52,61)(H,53,62)(H,74,75)(H2,54,55,76)/t19-,20?,21+,22?,23?,24?,25?,26-,28-,29?,30?,31-,32?,33?,34?,35?,36?,37?,38?,39?,40?,41?,42?,43?,44?,45?,46?,47?,50?/m0/s1. The summed E-state index contributed by atoms with van der Waals surface area (Å²) in [6.07, 6.45) is -45.7. The number of aliphatic hydroxyl groups is 15. The minimum Gasteiger partial charge on any atom is -0.477 e. The zero-order valence-corrected chi connectivity index (χ0v) is 48.1. The molecule has 0 aromatic rings. The average Bonchev–Trinajstić information content (AvgIpc) is 1.67. The predicted octanol–water partition coefficient (Wildman–Crippen LogP) is -11.2. The molecular formula is C50H83N5O31S. The number of carboxylic acid groups (broad SMARTS) is 1. The van der Waals surface area contributed by atoms with E-state index in [0.717, 1.165) is 32.4 Å². The summed E-state index contributed by atoms with van der Waals surface area (Å²) in [4.78, 5) is 63.2. The number of hydrogen-bond acceptors (Lipinski definition) is 31. The van der Waals surface area contributed by atoms with Gasteiger partial charge in [-0.1, -0.05) is 6.42 Å². The Bertz CT molecular complexity index is 2260. The number of rotatable bonds is 28. The first-order chi connectivity index (χ1) is 41.3. The van der Waals surface area contributed by atoms with E-state index in [1.807, 2.05) is 0 Å². The van der Waals surface area contributed by atoms with Crippen molar-refractivity contribution in [1.82, 2.24) is 26.6 Å². The van der Waals surface area contributed by atoms with E-state index >= 15 is 0 Å². The van der Waals surface area contributed by atoms with Gasteiger partial charge in [0.25, 0.3) is 5.79 Å². The van der Waals surface area contributed by atoms with Crippen LogP contribution in [0.25, 0.3) is 0 Å². The van der Waals surface area contributed by atoms with Gasteiger partial charge in [0.1, 0.15) is 116 Å². The highest BCUT2D eigenvalue weighted by molar-refractivity contribution is 8.00. The van der Waals surface area contributed by atoms with Gasteiger partial charge in [0, 0.05) is 44.2 Å². The number of fused-ring (bicyclic) bond motifs is 1. The van der Waals surface area contributed by atoms with Crippen LogP contribution in [0.15, 0.2) is 0 Å². The Kier molecular flexibility index (Phi) is 25.8. The lowest BCUT2D eigenvalue weighted by Gasteiger charge is -2.52. The average molecular weight is 1280 g/mol. The van der Waals surface area contributed by atoms with Crippen molar-refractivity contribution in [2.75, 3.05) is 51.9 Å². The molecule has 7 saturated heterocycles. The molecule has 0 aliphatic carbocycles. The fourth-order valence-corrected chi connectivity index (χ4v) is 13.1. The van der Waals surface area contributed by atoms with Crippen LogP contribution in [-0.2, 0) is 66.5 Å². The molecule has 0 aromatic carbocycles. The Morgan fingerprint density at radius 3 is 1.87 bits per heavy atom. The molecule has 37 heteroatoms. The normalized spacial score (nSPS) is 42.9. The summed E-state index contributed by atoms with van der Waals surface area (Å²) in [5, 5.41) is 188. The number of ether oxygens (including phenoxy) is 10. The van der Waals surface area contributed by atoms with Gasteiger partial charge >= 0.3 is 12.0 Å². The second-order valence-corrected chi connectivity index (χ2v) is 23.5. The van der Waals surface area contributed by atoms with E-state index in [9.17, 15) is 106 Å². The van der Waals surface area contributed by atoms with E-state index in [-0.39, 0.29) is 55.3 Å². The Morgan fingerprint density at radius 2 is 1.23 bits per heavy atom. The number of unbranched alkanes of at least 4 members (excludes halogenated alkanes) is 1. The van der Waals surface area contributed by atoms with Crippen LogP contribution in [0.3, 0.4) is 0 Å². The van der Waals surface area contributed by atoms with Crippen molar-refractivity contribution in [2.45, 2.75) is 229 Å². The maximum absolute atomic E-state index is 13.6. The molecular weight excluding hydrogens is 1200 g/mol. The van der Waals surface area contributed by atoms with E-state index in [0.29, 0.717) is 6.42 Å². The maximum atomic E-state index is 13.6. The number of thioether (sulfide) groups is 1. The topological polar surface area (TPSA) is 561 Å². The van der Waals surface area contributed by atoms with Gasteiger partial charge in [-0.3, -0.25) is 14.4 Å². The maximum Gasteiger partial charge on any atom is 0.364 e. The van der Waals surface area contributed by atoms with Crippen molar-refractivity contribution in [3.05, 3.63) is 0 Å². The van der Waals surface area contributed by atoms with Crippen LogP contribution in [0.5, 0.6) is 0 Å². The molecule has 21 N–H and O–H groups in total. The van der Waals surface area contributed by atoms with Crippen molar-refractivity contribution in [3.63, 3.8) is 0 Å². The van der Waals surface area contributed by atoms with Crippen LogP contribution in [0.1, 0.15) is 52.4 Å². The summed E-state index contributed by atoms with van der Waals surface area (Å²) in [6.45, 7) is -3.54. The van der Waals surface area contributed by atoms with Crippen LogP contribution in [0, 0.1) is 0 Å². The van der Waals surface area contributed by atoms with Crippen LogP contribution < -0.4 is 26.6 Å². The first-order valence-corrected chi connectivity index (χ1v) is 29.5. The molecule has 7 aliphatic rings. The number of nitrogens with one attached hydrogen (secondary N) is 5. The molecule has 36 nitrogen and oxygen atoms in total. The zero-order chi connectivity index (χ0) is 63.8. The number of amides is 5. The summed E-state index contributed by atoms with van der Waals surface area (Å²) in [7, 11) is 0. The molecule has 0 spiro atoms. The number of aliphatic hydroxyl groups excluding tert-OH is 15. The van der Waals surface area contributed by atoms with Gasteiger partial charge in [0.2, 0.25) is 17.7 Å². The Hall–Kier alpha value is -3.50. The van der Waals surface area contributed by atoms with Crippen LogP contribution in [-0.4, -0.2) is 340 Å². The lowest BCUT2D eigenvalue weighted by Crippen LogP contribution is -2.72. The number of carbonyl (C=O) groups excluding carboxylic acids is 4. The Labute approximate surface area is 500 Å². The molecule has 7 heterocycles. The summed E-state index contributed by atoms with van der Waals surface area (Å²) < 4.78 is 58.9. The van der Waals surface area contributed by atoms with Crippen molar-refractivity contribution in [3.8, 4) is 0 Å². The van der Waals surface area contributed by atoms with Crippen molar-refractivity contribution >= 4 is 41.5 Å². The first kappa shape index (κ1) is 70.9. The molecule has 7 aliphatic heterocycles. The molecule has 0 aromatic heterocycles. The molecule has 29 atom stereocenters. The number of carbonyl (C=O) groups is 5. The SMILES string of the molecule is CC(=O)NC1C(OC2C(CO)OC(OC3C(CO)OC(OCCCNC(=O)CCCC[C@@H]4SC[C@@H]5NC(=O)N[C@@H]54)C(O)C3O)C(O)C2OC2(C(=O)O)CC(O)C(NC(C)=O)C([C@@H](O)[C@H](O)CO)O2)OC(CO)C(O)C1OC1OC(CO)C(O)C(O)C1O. The van der Waals surface area contributed by atoms with E-state index in [2.05, 4.69) is 26.6 Å². The molecule has 7 rings (SSSR count). The first-order valence-electron chi connectivity index (χ1n) is 28.5. The van der Waals surface area contributed by atoms with Gasteiger partial charge < -0.3 is 156 Å². The fourth-order valence-electron chi connectivity index (χ4n) is 11.5. The van der Waals surface area contributed by atoms with E-state index < -0.39 is 216 Å². The van der Waals surface area contributed by atoms with Crippen molar-refractivity contribution < 1.29 is 153 Å². The van der Waals surface area contributed by atoms with Crippen molar-refractivity contribution in [1.29, 1.82) is 0 Å². The van der Waals surface area contributed by atoms with Gasteiger partial charge in [-0.2, -0.15) is 11.8 Å². The van der Waals surface area contributed by atoms with Crippen molar-refractivity contribution in [2.24, 2.45) is 0 Å². The van der Waals surface area contributed by atoms with Gasteiger partial charge in [-0.05, 0) is 19.3 Å². The monoisotopic (exact) mass is 1280 g/mol. The summed E-state index contributed by atoms with van der Waals surface area (Å²) in [5.41, 5.74) is 0. The van der Waals surface area contributed by atoms with Gasteiger partial charge in [-0.25, -0.2) is 9.59 Å². The van der Waals surface area contributed by atoms with Gasteiger partial charge in [-0.15, -0.1) is 0 Å². The van der Waals surface area contributed by atoms with Crippen LogP contribution in [0.2, 0.25) is 0 Å². The fraction of sp³-hybridized carbons (Fsp3) is 0.900.